The molecule has 2 rings (SSSR count). The van der Waals surface area contributed by atoms with Gasteiger partial charge in [0.2, 0.25) is 0 Å². The largest absolute Gasteiger partial charge is 0.496 e. The van der Waals surface area contributed by atoms with Crippen molar-refractivity contribution in [1.82, 2.24) is 5.32 Å². The van der Waals surface area contributed by atoms with Gasteiger partial charge in [-0.25, -0.2) is 0 Å². The van der Waals surface area contributed by atoms with E-state index in [0.29, 0.717) is 11.5 Å². The van der Waals surface area contributed by atoms with E-state index in [1.54, 1.807) is 14.2 Å². The van der Waals surface area contributed by atoms with Crippen molar-refractivity contribution < 1.29 is 14.2 Å². The predicted octanol–water partition coefficient (Wildman–Crippen LogP) is 3.78. The highest BCUT2D eigenvalue weighted by atomic mass is 16.5. The molecule has 1 atom stereocenters. The van der Waals surface area contributed by atoms with Gasteiger partial charge in [0.25, 0.3) is 0 Å². The monoisotopic (exact) mass is 287 g/mol. The second-order valence-electron chi connectivity index (χ2n) is 4.64. The van der Waals surface area contributed by atoms with E-state index in [1.807, 2.05) is 49.5 Å². The molecule has 0 aliphatic rings. The third-order valence-corrected chi connectivity index (χ3v) is 3.40. The van der Waals surface area contributed by atoms with Gasteiger partial charge >= 0.3 is 0 Å². The van der Waals surface area contributed by atoms with Crippen molar-refractivity contribution in [2.45, 2.75) is 13.0 Å². The maximum absolute atomic E-state index is 6.05. The van der Waals surface area contributed by atoms with Crippen LogP contribution in [0.3, 0.4) is 0 Å². The van der Waals surface area contributed by atoms with Crippen LogP contribution in [0.15, 0.2) is 42.5 Å². The van der Waals surface area contributed by atoms with E-state index >= 15 is 0 Å². The number of nitrogens with one attached hydrogen (secondary N) is 1. The molecule has 0 aromatic heterocycles. The minimum atomic E-state index is 0.103. The molecule has 4 heteroatoms. The van der Waals surface area contributed by atoms with E-state index in [1.165, 1.54) is 0 Å². The third-order valence-electron chi connectivity index (χ3n) is 3.40. The maximum Gasteiger partial charge on any atom is 0.169 e. The summed E-state index contributed by atoms with van der Waals surface area (Å²) in [5, 5.41) is 3.22. The Bertz CT molecular complexity index is 598. The van der Waals surface area contributed by atoms with E-state index in [4.69, 9.17) is 14.2 Å². The van der Waals surface area contributed by atoms with Gasteiger partial charge in [-0.3, -0.25) is 0 Å². The Morgan fingerprint density at radius 2 is 1.38 bits per heavy atom. The Balaban J connectivity index is 2.44. The van der Waals surface area contributed by atoms with Crippen LogP contribution in [0.25, 0.3) is 0 Å². The third kappa shape index (κ3) is 3.28. The fourth-order valence-electron chi connectivity index (χ4n) is 2.18. The van der Waals surface area contributed by atoms with Gasteiger partial charge in [-0.05, 0) is 38.2 Å². The maximum atomic E-state index is 6.05. The van der Waals surface area contributed by atoms with E-state index in [2.05, 4.69) is 12.2 Å². The van der Waals surface area contributed by atoms with Gasteiger partial charge in [0.1, 0.15) is 11.5 Å². The van der Waals surface area contributed by atoms with E-state index < -0.39 is 0 Å². The Morgan fingerprint density at radius 1 is 0.810 bits per heavy atom. The van der Waals surface area contributed by atoms with Crippen LogP contribution in [-0.2, 0) is 0 Å². The molecule has 0 bridgehead atoms. The lowest BCUT2D eigenvalue weighted by atomic mass is 10.1. The van der Waals surface area contributed by atoms with Gasteiger partial charge in [0.05, 0.1) is 19.8 Å². The summed E-state index contributed by atoms with van der Waals surface area (Å²) in [4.78, 5) is 0. The molecule has 21 heavy (non-hydrogen) atoms. The van der Waals surface area contributed by atoms with Crippen molar-refractivity contribution >= 4 is 0 Å². The van der Waals surface area contributed by atoms with Gasteiger partial charge in [-0.15, -0.1) is 0 Å². The van der Waals surface area contributed by atoms with E-state index in [-0.39, 0.29) is 6.04 Å². The average Bonchev–Trinajstić information content (AvgIpc) is 2.54. The molecule has 0 aliphatic heterocycles. The molecule has 0 fully saturated rings. The molecule has 2 aromatic rings. The summed E-state index contributed by atoms with van der Waals surface area (Å²) >= 11 is 0. The molecule has 0 saturated carbocycles. The zero-order valence-corrected chi connectivity index (χ0v) is 12.8. The molecule has 0 saturated heterocycles. The number of rotatable bonds is 6. The number of para-hydroxylation sites is 2. The molecule has 1 unspecified atom stereocenters. The fraction of sp³-hybridized carbons (Fsp3) is 0.294. The molecule has 1 N–H and O–H groups in total. The van der Waals surface area contributed by atoms with Crippen LogP contribution in [0, 0.1) is 0 Å². The van der Waals surface area contributed by atoms with Crippen LogP contribution in [-0.4, -0.2) is 21.3 Å². The quantitative estimate of drug-likeness (QED) is 0.877. The summed E-state index contributed by atoms with van der Waals surface area (Å²) in [6, 6.07) is 13.5. The van der Waals surface area contributed by atoms with Crippen molar-refractivity contribution in [2.75, 3.05) is 21.3 Å². The Kier molecular flexibility index (Phi) is 5.06. The first kappa shape index (κ1) is 15.2. The van der Waals surface area contributed by atoms with Crippen molar-refractivity contribution in [3.8, 4) is 23.0 Å². The minimum Gasteiger partial charge on any atom is -0.496 e. The fourth-order valence-corrected chi connectivity index (χ4v) is 2.18. The van der Waals surface area contributed by atoms with Gasteiger partial charge in [-0.2, -0.15) is 0 Å². The molecule has 2 aromatic carbocycles. The van der Waals surface area contributed by atoms with E-state index in [0.717, 1.165) is 17.1 Å². The van der Waals surface area contributed by atoms with Crippen LogP contribution in [0.5, 0.6) is 23.0 Å². The van der Waals surface area contributed by atoms with Gasteiger partial charge in [0.15, 0.2) is 11.5 Å². The zero-order valence-electron chi connectivity index (χ0n) is 12.8. The first-order chi connectivity index (χ1) is 10.2. The summed E-state index contributed by atoms with van der Waals surface area (Å²) in [5.74, 6) is 2.92. The Morgan fingerprint density at radius 3 is 2.00 bits per heavy atom. The highest BCUT2D eigenvalue weighted by Gasteiger charge is 2.17. The lowest BCUT2D eigenvalue weighted by molar-refractivity contribution is 0.369. The van der Waals surface area contributed by atoms with Gasteiger partial charge in [-0.1, -0.05) is 18.2 Å². The Labute approximate surface area is 125 Å². The second kappa shape index (κ2) is 6.99. The molecular formula is C17H21NO3. The summed E-state index contributed by atoms with van der Waals surface area (Å²) in [6.07, 6.45) is 0. The van der Waals surface area contributed by atoms with Crippen molar-refractivity contribution in [2.24, 2.45) is 0 Å². The first-order valence-corrected chi connectivity index (χ1v) is 6.86. The minimum absolute atomic E-state index is 0.103. The topological polar surface area (TPSA) is 39.7 Å². The normalized spacial score (nSPS) is 11.8. The number of ether oxygens (including phenoxy) is 3. The van der Waals surface area contributed by atoms with Crippen LogP contribution in [0.4, 0.5) is 0 Å². The van der Waals surface area contributed by atoms with Gasteiger partial charge < -0.3 is 19.5 Å². The first-order valence-electron chi connectivity index (χ1n) is 6.86. The van der Waals surface area contributed by atoms with Crippen LogP contribution >= 0.6 is 0 Å². The average molecular weight is 287 g/mol. The molecule has 0 heterocycles. The molecule has 0 radical (unpaired) electrons. The highest BCUT2D eigenvalue weighted by Crippen LogP contribution is 2.38. The summed E-state index contributed by atoms with van der Waals surface area (Å²) < 4.78 is 16.8. The van der Waals surface area contributed by atoms with Crippen LogP contribution in [0.2, 0.25) is 0 Å². The molecule has 0 aliphatic carbocycles. The van der Waals surface area contributed by atoms with Crippen molar-refractivity contribution in [3.63, 3.8) is 0 Å². The molecule has 0 spiro atoms. The lowest BCUT2D eigenvalue weighted by Crippen LogP contribution is -2.14. The number of hydrogen-bond acceptors (Lipinski definition) is 4. The van der Waals surface area contributed by atoms with Crippen molar-refractivity contribution in [1.29, 1.82) is 0 Å². The SMILES string of the molecule is CNC(C)c1c(OC)cccc1Oc1ccccc1OC. The molecule has 4 nitrogen and oxygen atoms in total. The predicted molar refractivity (Wildman–Crippen MR) is 83.5 cm³/mol. The van der Waals surface area contributed by atoms with Crippen LogP contribution in [0.1, 0.15) is 18.5 Å². The summed E-state index contributed by atoms with van der Waals surface area (Å²) in [5.41, 5.74) is 0.980. The Hall–Kier alpha value is -2.20. The number of benzene rings is 2. The second-order valence-corrected chi connectivity index (χ2v) is 4.64. The summed E-state index contributed by atoms with van der Waals surface area (Å²) in [7, 11) is 5.20. The standard InChI is InChI=1S/C17H21NO3/c1-12(18-2)17-15(20-4)10-7-11-16(17)21-14-9-6-5-8-13(14)19-3/h5-12,18H,1-4H3. The number of hydrogen-bond donors (Lipinski definition) is 1. The van der Waals surface area contributed by atoms with E-state index in [9.17, 15) is 0 Å². The molecule has 0 amide bonds. The molecular weight excluding hydrogens is 266 g/mol. The van der Waals surface area contributed by atoms with Crippen LogP contribution < -0.4 is 19.5 Å². The highest BCUT2D eigenvalue weighted by molar-refractivity contribution is 5.50. The van der Waals surface area contributed by atoms with Crippen molar-refractivity contribution in [3.05, 3.63) is 48.0 Å². The molecule has 112 valence electrons. The lowest BCUT2D eigenvalue weighted by Gasteiger charge is -2.20. The summed E-state index contributed by atoms with van der Waals surface area (Å²) in [6.45, 7) is 2.06. The smallest absolute Gasteiger partial charge is 0.169 e. The van der Waals surface area contributed by atoms with Gasteiger partial charge in [0, 0.05) is 6.04 Å². The zero-order chi connectivity index (χ0) is 15.2. The number of methoxy groups -OCH3 is 2.